The maximum Gasteiger partial charge on any atom is 0.125 e. The van der Waals surface area contributed by atoms with Crippen molar-refractivity contribution in [2.24, 2.45) is 0 Å². The van der Waals surface area contributed by atoms with Crippen molar-refractivity contribution in [1.82, 2.24) is 9.80 Å². The number of piperazine rings is 1. The van der Waals surface area contributed by atoms with Gasteiger partial charge in [-0.1, -0.05) is 18.2 Å². The van der Waals surface area contributed by atoms with Crippen molar-refractivity contribution >= 4 is 0 Å². The second-order valence-corrected chi connectivity index (χ2v) is 7.95. The van der Waals surface area contributed by atoms with Crippen molar-refractivity contribution in [2.75, 3.05) is 46.9 Å². The molecule has 0 radical (unpaired) electrons. The summed E-state index contributed by atoms with van der Waals surface area (Å²) in [6.45, 7) is 10.6. The number of likely N-dealkylation sites (N-methyl/N-ethyl adjacent to an activating group) is 1. The summed E-state index contributed by atoms with van der Waals surface area (Å²) in [6.07, 6.45) is 2.28. The van der Waals surface area contributed by atoms with E-state index in [1.807, 2.05) is 0 Å². The molecule has 2 aromatic rings. The van der Waals surface area contributed by atoms with Gasteiger partial charge in [0.2, 0.25) is 0 Å². The molecule has 0 aromatic heterocycles. The Morgan fingerprint density at radius 3 is 2.46 bits per heavy atom. The number of aryl methyl sites for hydroxylation is 3. The molecule has 0 N–H and O–H groups in total. The minimum absolute atomic E-state index is 0.528. The largest absolute Gasteiger partial charge is 0.496 e. The lowest BCUT2D eigenvalue weighted by atomic mass is 10.1. The van der Waals surface area contributed by atoms with Crippen LogP contribution in [0.2, 0.25) is 0 Å². The van der Waals surface area contributed by atoms with Crippen molar-refractivity contribution in [1.29, 1.82) is 0 Å². The Labute approximate surface area is 170 Å². The number of methoxy groups -OCH3 is 1. The summed E-state index contributed by atoms with van der Waals surface area (Å²) in [4.78, 5) is 4.98. The van der Waals surface area contributed by atoms with Crippen LogP contribution >= 0.6 is 0 Å². The van der Waals surface area contributed by atoms with Gasteiger partial charge in [-0.2, -0.15) is 0 Å². The fraction of sp³-hybridized carbons (Fsp3) is 0.500. The van der Waals surface area contributed by atoms with Crippen molar-refractivity contribution in [3.05, 3.63) is 58.7 Å². The molecule has 152 valence electrons. The van der Waals surface area contributed by atoms with Crippen LogP contribution in [-0.4, -0.2) is 56.7 Å². The van der Waals surface area contributed by atoms with Crippen LogP contribution in [0.3, 0.4) is 0 Å². The average Bonchev–Trinajstić information content (AvgIpc) is 2.70. The monoisotopic (exact) mass is 382 g/mol. The van der Waals surface area contributed by atoms with Crippen molar-refractivity contribution in [3.8, 4) is 11.5 Å². The van der Waals surface area contributed by atoms with E-state index in [1.54, 1.807) is 7.11 Å². The SMILES string of the molecule is COc1ccc(CCCN2CCN(C)CC2)cc1COc1cc(C)ccc1C. The van der Waals surface area contributed by atoms with Gasteiger partial charge in [0.25, 0.3) is 0 Å². The lowest BCUT2D eigenvalue weighted by Crippen LogP contribution is -2.44. The number of hydrogen-bond acceptors (Lipinski definition) is 4. The van der Waals surface area contributed by atoms with Gasteiger partial charge in [0, 0.05) is 31.7 Å². The molecule has 3 rings (SSSR count). The van der Waals surface area contributed by atoms with Gasteiger partial charge in [-0.25, -0.2) is 0 Å². The Morgan fingerprint density at radius 2 is 1.71 bits per heavy atom. The van der Waals surface area contributed by atoms with E-state index in [1.165, 1.54) is 50.3 Å². The van der Waals surface area contributed by atoms with Crippen LogP contribution in [0.1, 0.15) is 28.7 Å². The van der Waals surface area contributed by atoms with Crippen LogP contribution in [0.15, 0.2) is 36.4 Å². The molecule has 4 nitrogen and oxygen atoms in total. The highest BCUT2D eigenvalue weighted by Gasteiger charge is 2.13. The Bertz CT molecular complexity index is 767. The van der Waals surface area contributed by atoms with E-state index in [0.29, 0.717) is 6.61 Å². The third kappa shape index (κ3) is 5.73. The van der Waals surface area contributed by atoms with Gasteiger partial charge in [-0.05, 0) is 75.2 Å². The fourth-order valence-electron chi connectivity index (χ4n) is 3.70. The van der Waals surface area contributed by atoms with Crippen molar-refractivity contribution in [2.45, 2.75) is 33.3 Å². The normalized spacial score (nSPS) is 15.6. The molecule has 0 amide bonds. The summed E-state index contributed by atoms with van der Waals surface area (Å²) >= 11 is 0. The molecule has 0 aliphatic carbocycles. The molecule has 1 aliphatic rings. The van der Waals surface area contributed by atoms with Crippen LogP contribution < -0.4 is 9.47 Å². The molecule has 0 atom stereocenters. The second kappa shape index (κ2) is 9.94. The van der Waals surface area contributed by atoms with Crippen LogP contribution in [0.25, 0.3) is 0 Å². The summed E-state index contributed by atoms with van der Waals surface area (Å²) in [6, 6.07) is 12.8. The first-order valence-corrected chi connectivity index (χ1v) is 10.3. The van der Waals surface area contributed by atoms with E-state index in [0.717, 1.165) is 29.0 Å². The third-order valence-corrected chi connectivity index (χ3v) is 5.61. The van der Waals surface area contributed by atoms with Crippen LogP contribution in [0.4, 0.5) is 0 Å². The molecule has 0 spiro atoms. The van der Waals surface area contributed by atoms with E-state index in [-0.39, 0.29) is 0 Å². The number of ether oxygens (including phenoxy) is 2. The van der Waals surface area contributed by atoms with Gasteiger partial charge >= 0.3 is 0 Å². The number of nitrogens with zero attached hydrogens (tertiary/aromatic N) is 2. The van der Waals surface area contributed by atoms with E-state index in [2.05, 4.69) is 67.1 Å². The lowest BCUT2D eigenvalue weighted by Gasteiger charge is -2.32. The van der Waals surface area contributed by atoms with Crippen LogP contribution in [0, 0.1) is 13.8 Å². The maximum absolute atomic E-state index is 6.12. The standard InChI is InChI=1S/C24H34N2O2/c1-19-7-8-20(2)24(16-19)28-18-22-17-21(9-10-23(22)27-4)6-5-11-26-14-12-25(3)13-15-26/h7-10,16-17H,5-6,11-15,18H2,1-4H3. The smallest absolute Gasteiger partial charge is 0.125 e. The summed E-state index contributed by atoms with van der Waals surface area (Å²) < 4.78 is 11.7. The molecule has 28 heavy (non-hydrogen) atoms. The first-order valence-electron chi connectivity index (χ1n) is 10.3. The Balaban J connectivity index is 1.57. The molecule has 1 saturated heterocycles. The maximum atomic E-state index is 6.12. The zero-order chi connectivity index (χ0) is 19.9. The first kappa shape index (κ1) is 20.7. The van der Waals surface area contributed by atoms with Gasteiger partial charge in [-0.3, -0.25) is 0 Å². The number of benzene rings is 2. The summed E-state index contributed by atoms with van der Waals surface area (Å²) in [7, 11) is 3.93. The quantitative estimate of drug-likeness (QED) is 0.687. The highest BCUT2D eigenvalue weighted by Crippen LogP contribution is 2.25. The van der Waals surface area contributed by atoms with E-state index >= 15 is 0 Å². The first-order chi connectivity index (χ1) is 13.5. The second-order valence-electron chi connectivity index (χ2n) is 7.95. The lowest BCUT2D eigenvalue weighted by molar-refractivity contribution is 0.153. The van der Waals surface area contributed by atoms with Gasteiger partial charge < -0.3 is 19.3 Å². The molecule has 1 aliphatic heterocycles. The molecule has 0 saturated carbocycles. The van der Waals surface area contributed by atoms with Crippen LogP contribution in [-0.2, 0) is 13.0 Å². The summed E-state index contributed by atoms with van der Waals surface area (Å²) in [5.41, 5.74) is 4.84. The zero-order valence-corrected chi connectivity index (χ0v) is 17.8. The van der Waals surface area contributed by atoms with E-state index < -0.39 is 0 Å². The fourth-order valence-corrected chi connectivity index (χ4v) is 3.70. The van der Waals surface area contributed by atoms with E-state index in [4.69, 9.17) is 9.47 Å². The Morgan fingerprint density at radius 1 is 0.929 bits per heavy atom. The van der Waals surface area contributed by atoms with Crippen LogP contribution in [0.5, 0.6) is 11.5 Å². The minimum Gasteiger partial charge on any atom is -0.496 e. The number of hydrogen-bond donors (Lipinski definition) is 0. The molecule has 4 heteroatoms. The third-order valence-electron chi connectivity index (χ3n) is 5.61. The Kier molecular flexibility index (Phi) is 7.35. The van der Waals surface area contributed by atoms with Gasteiger partial charge in [-0.15, -0.1) is 0 Å². The van der Waals surface area contributed by atoms with E-state index in [9.17, 15) is 0 Å². The van der Waals surface area contributed by atoms with Crippen molar-refractivity contribution in [3.63, 3.8) is 0 Å². The molecule has 1 fully saturated rings. The molecule has 0 bridgehead atoms. The molecular weight excluding hydrogens is 348 g/mol. The zero-order valence-electron chi connectivity index (χ0n) is 17.8. The molecule has 2 aromatic carbocycles. The highest BCUT2D eigenvalue weighted by molar-refractivity contribution is 5.39. The average molecular weight is 383 g/mol. The summed E-state index contributed by atoms with van der Waals surface area (Å²) in [5.74, 6) is 1.84. The van der Waals surface area contributed by atoms with Gasteiger partial charge in [0.05, 0.1) is 7.11 Å². The molecule has 0 unspecified atom stereocenters. The molecular formula is C24H34N2O2. The van der Waals surface area contributed by atoms with Crippen molar-refractivity contribution < 1.29 is 9.47 Å². The Hall–Kier alpha value is -2.04. The van der Waals surface area contributed by atoms with Gasteiger partial charge in [0.1, 0.15) is 18.1 Å². The topological polar surface area (TPSA) is 24.9 Å². The minimum atomic E-state index is 0.528. The predicted octanol–water partition coefficient (Wildman–Crippen LogP) is 4.07. The van der Waals surface area contributed by atoms with Gasteiger partial charge in [0.15, 0.2) is 0 Å². The summed E-state index contributed by atoms with van der Waals surface area (Å²) in [5, 5.41) is 0. The highest BCUT2D eigenvalue weighted by atomic mass is 16.5. The number of rotatable bonds is 8. The predicted molar refractivity (Wildman–Crippen MR) is 116 cm³/mol. The molecule has 1 heterocycles.